The lowest BCUT2D eigenvalue weighted by atomic mass is 10.1. The summed E-state index contributed by atoms with van der Waals surface area (Å²) < 4.78 is 8.41. The molecule has 0 aromatic carbocycles. The van der Waals surface area contributed by atoms with Crippen molar-refractivity contribution in [2.24, 2.45) is 7.05 Å². The third-order valence-corrected chi connectivity index (χ3v) is 4.55. The van der Waals surface area contributed by atoms with Crippen LogP contribution in [0.2, 0.25) is 0 Å². The third-order valence-electron chi connectivity index (χ3n) is 4.03. The van der Waals surface area contributed by atoms with E-state index in [4.69, 9.17) is 4.74 Å². The Balaban J connectivity index is 1.67. The van der Waals surface area contributed by atoms with Crippen LogP contribution in [0.5, 0.6) is 5.88 Å². The van der Waals surface area contributed by atoms with Gasteiger partial charge in [0.05, 0.1) is 12.6 Å². The van der Waals surface area contributed by atoms with Crippen LogP contribution in [0.1, 0.15) is 18.5 Å². The number of carbonyl (C=O) groups excluding carboxylic acids is 1. The van der Waals surface area contributed by atoms with Crippen LogP contribution in [0.15, 0.2) is 18.5 Å². The van der Waals surface area contributed by atoms with Gasteiger partial charge in [0.25, 0.3) is 0 Å². The molecule has 3 heterocycles. The fraction of sp³-hybridized carbons (Fsp3) is 0.500. The van der Waals surface area contributed by atoms with E-state index in [9.17, 15) is 4.79 Å². The number of ether oxygens (including phenoxy) is 1. The molecule has 3 rings (SSSR count). The lowest BCUT2D eigenvalue weighted by Gasteiger charge is -2.29. The van der Waals surface area contributed by atoms with Crippen LogP contribution < -0.4 is 10.1 Å². The Morgan fingerprint density at radius 3 is 2.84 bits per heavy atom. The first kappa shape index (κ1) is 18.1. The Morgan fingerprint density at radius 1 is 1.40 bits per heavy atom. The number of anilines is 1. The molecule has 1 amide bonds. The van der Waals surface area contributed by atoms with E-state index < -0.39 is 0 Å². The normalized spacial score (nSPS) is 16.0. The summed E-state index contributed by atoms with van der Waals surface area (Å²) in [7, 11) is 3.91. The molecule has 1 fully saturated rings. The van der Waals surface area contributed by atoms with Crippen molar-refractivity contribution in [1.29, 1.82) is 0 Å². The van der Waals surface area contributed by atoms with Gasteiger partial charge in [0, 0.05) is 32.4 Å². The highest BCUT2D eigenvalue weighted by Gasteiger charge is 2.21. The van der Waals surface area contributed by atoms with Gasteiger partial charge in [0.2, 0.25) is 11.8 Å². The molecule has 1 aliphatic heterocycles. The second-order valence-electron chi connectivity index (χ2n) is 6.16. The predicted octanol–water partition coefficient (Wildman–Crippen LogP) is 1.47. The number of rotatable bonds is 5. The minimum atomic E-state index is -0.191. The quantitative estimate of drug-likeness (QED) is 0.687. The number of nitrogens with zero attached hydrogens (tertiary/aromatic N) is 5. The fourth-order valence-corrected chi connectivity index (χ4v) is 3.12. The molecule has 0 spiro atoms. The lowest BCUT2D eigenvalue weighted by Crippen LogP contribution is -2.36. The van der Waals surface area contributed by atoms with E-state index in [1.54, 1.807) is 30.2 Å². The first-order chi connectivity index (χ1) is 12.0. The number of piperidine rings is 1. The summed E-state index contributed by atoms with van der Waals surface area (Å²) in [6.45, 7) is 2.00. The summed E-state index contributed by atoms with van der Waals surface area (Å²) in [5, 5.41) is 6.91. The van der Waals surface area contributed by atoms with Crippen LogP contribution in [-0.2, 0) is 18.3 Å². The van der Waals surface area contributed by atoms with Crippen molar-refractivity contribution < 1.29 is 9.53 Å². The average molecular weight is 456 g/mol. The molecule has 0 aliphatic carbocycles. The highest BCUT2D eigenvalue weighted by molar-refractivity contribution is 14.1. The zero-order valence-electron chi connectivity index (χ0n) is 14.3. The van der Waals surface area contributed by atoms with Crippen molar-refractivity contribution >= 4 is 34.3 Å². The van der Waals surface area contributed by atoms with Gasteiger partial charge in [0.15, 0.2) is 5.82 Å². The average Bonchev–Trinajstić information content (AvgIpc) is 2.97. The molecule has 0 bridgehead atoms. The van der Waals surface area contributed by atoms with Gasteiger partial charge in [-0.1, -0.05) is 0 Å². The Hall–Kier alpha value is -1.75. The molecular formula is C16H21IN6O2. The van der Waals surface area contributed by atoms with Gasteiger partial charge >= 0.3 is 0 Å². The maximum atomic E-state index is 12.3. The van der Waals surface area contributed by atoms with E-state index >= 15 is 0 Å². The molecule has 8 nitrogen and oxygen atoms in total. The van der Waals surface area contributed by atoms with Crippen LogP contribution in [0.3, 0.4) is 0 Å². The van der Waals surface area contributed by atoms with E-state index in [1.165, 1.54) is 0 Å². The number of amides is 1. The van der Waals surface area contributed by atoms with Crippen LogP contribution in [0, 0.1) is 3.70 Å². The molecule has 0 atom stereocenters. The molecular weight excluding hydrogens is 435 g/mol. The van der Waals surface area contributed by atoms with Crippen molar-refractivity contribution in [3.63, 3.8) is 0 Å². The van der Waals surface area contributed by atoms with Crippen molar-refractivity contribution in [2.75, 3.05) is 25.5 Å². The highest BCUT2D eigenvalue weighted by Crippen LogP contribution is 2.21. The van der Waals surface area contributed by atoms with E-state index in [-0.39, 0.29) is 18.4 Å². The first-order valence-corrected chi connectivity index (χ1v) is 9.23. The fourth-order valence-electron chi connectivity index (χ4n) is 2.69. The molecule has 0 saturated carbocycles. The summed E-state index contributed by atoms with van der Waals surface area (Å²) in [6.07, 6.45) is 5.54. The van der Waals surface area contributed by atoms with E-state index in [0.717, 1.165) is 29.6 Å². The Labute approximate surface area is 160 Å². The van der Waals surface area contributed by atoms with Gasteiger partial charge in [-0.2, -0.15) is 5.10 Å². The maximum absolute atomic E-state index is 12.3. The zero-order valence-corrected chi connectivity index (χ0v) is 16.4. The molecule has 0 radical (unpaired) electrons. The second-order valence-corrected chi connectivity index (χ2v) is 7.27. The van der Waals surface area contributed by atoms with E-state index in [2.05, 4.69) is 54.9 Å². The molecule has 1 aliphatic rings. The van der Waals surface area contributed by atoms with Crippen LogP contribution in [0.25, 0.3) is 0 Å². The largest absolute Gasteiger partial charge is 0.473 e. The number of carbonyl (C=O) groups is 1. The minimum Gasteiger partial charge on any atom is -0.473 e. The number of nitrogens with one attached hydrogen (secondary N) is 1. The van der Waals surface area contributed by atoms with Crippen molar-refractivity contribution in [2.45, 2.75) is 25.4 Å². The number of aromatic nitrogens is 4. The summed E-state index contributed by atoms with van der Waals surface area (Å²) in [5.41, 5.74) is 0.555. The van der Waals surface area contributed by atoms with Gasteiger partial charge in [0.1, 0.15) is 15.5 Å². The number of hydrogen-bond donors (Lipinski definition) is 1. The van der Waals surface area contributed by atoms with Crippen molar-refractivity contribution in [1.82, 2.24) is 24.6 Å². The molecule has 1 N–H and O–H groups in total. The zero-order chi connectivity index (χ0) is 17.8. The number of hydrogen-bond acceptors (Lipinski definition) is 6. The van der Waals surface area contributed by atoms with Gasteiger partial charge in [-0.15, -0.1) is 0 Å². The van der Waals surface area contributed by atoms with E-state index in [0.29, 0.717) is 17.4 Å². The monoisotopic (exact) mass is 456 g/mol. The Morgan fingerprint density at radius 2 is 2.16 bits per heavy atom. The lowest BCUT2D eigenvalue weighted by molar-refractivity contribution is -0.115. The SMILES string of the molecule is CN1CCC(Oc2ncc(I)nc2CC(=O)Nc2ccn(C)n2)CC1. The molecule has 2 aromatic heterocycles. The van der Waals surface area contributed by atoms with Crippen molar-refractivity contribution in [3.8, 4) is 5.88 Å². The molecule has 134 valence electrons. The van der Waals surface area contributed by atoms with Crippen LogP contribution in [-0.4, -0.2) is 56.8 Å². The summed E-state index contributed by atoms with van der Waals surface area (Å²) in [4.78, 5) is 23.4. The van der Waals surface area contributed by atoms with E-state index in [1.807, 2.05) is 0 Å². The maximum Gasteiger partial charge on any atom is 0.236 e. The van der Waals surface area contributed by atoms with Gasteiger partial charge in [-0.3, -0.25) is 9.48 Å². The molecule has 2 aromatic rings. The molecule has 1 saturated heterocycles. The van der Waals surface area contributed by atoms with Crippen LogP contribution >= 0.6 is 22.6 Å². The van der Waals surface area contributed by atoms with Crippen molar-refractivity contribution in [3.05, 3.63) is 27.9 Å². The summed E-state index contributed by atoms with van der Waals surface area (Å²) in [5.74, 6) is 0.776. The molecule has 25 heavy (non-hydrogen) atoms. The van der Waals surface area contributed by atoms with Gasteiger partial charge < -0.3 is 15.0 Å². The van der Waals surface area contributed by atoms with Crippen LogP contribution in [0.4, 0.5) is 5.82 Å². The Bertz CT molecular complexity index is 742. The van der Waals surface area contributed by atoms with Gasteiger partial charge in [-0.25, -0.2) is 9.97 Å². The Kier molecular flexibility index (Phi) is 5.84. The van der Waals surface area contributed by atoms with Gasteiger partial charge in [-0.05, 0) is 42.5 Å². The number of halogens is 1. The highest BCUT2D eigenvalue weighted by atomic mass is 127. The minimum absolute atomic E-state index is 0.0996. The molecule has 0 unspecified atom stereocenters. The predicted molar refractivity (Wildman–Crippen MR) is 101 cm³/mol. The topological polar surface area (TPSA) is 85.2 Å². The number of likely N-dealkylation sites (tertiary alicyclic amines) is 1. The first-order valence-electron chi connectivity index (χ1n) is 8.15. The third kappa shape index (κ3) is 5.11. The summed E-state index contributed by atoms with van der Waals surface area (Å²) in [6, 6.07) is 1.74. The standard InChI is InChI=1S/C16H21IN6O2/c1-22-6-3-11(4-7-22)25-16-12(19-13(17)10-18-16)9-15(24)20-14-5-8-23(2)21-14/h5,8,10-11H,3-4,6-7,9H2,1-2H3,(H,20,21,24). The smallest absolute Gasteiger partial charge is 0.236 e. The summed E-state index contributed by atoms with van der Waals surface area (Å²) >= 11 is 2.09. The number of aryl methyl sites for hydroxylation is 1. The molecule has 9 heteroatoms. The second kappa shape index (κ2) is 8.09.